The van der Waals surface area contributed by atoms with Gasteiger partial charge in [0.25, 0.3) is 0 Å². The molecule has 28 heavy (non-hydrogen) atoms. The number of rotatable bonds is 2. The highest BCUT2D eigenvalue weighted by Gasteiger charge is 2.51. The lowest BCUT2D eigenvalue weighted by atomic mass is 9.78. The number of thiazole rings is 1. The second-order valence-corrected chi connectivity index (χ2v) is 9.37. The molecule has 4 aromatic rings. The minimum absolute atomic E-state index is 0.344. The topological polar surface area (TPSA) is 31.4 Å². The summed E-state index contributed by atoms with van der Waals surface area (Å²) in [7, 11) is -0.355. The molecule has 2 heterocycles. The third-order valence-electron chi connectivity index (χ3n) is 5.94. The molecule has 1 aliphatic rings. The van der Waals surface area contributed by atoms with E-state index in [1.54, 1.807) is 11.3 Å². The van der Waals surface area contributed by atoms with Gasteiger partial charge in [-0.05, 0) is 44.6 Å². The highest BCUT2D eigenvalue weighted by Crippen LogP contribution is 2.38. The first-order chi connectivity index (χ1) is 13.3. The molecule has 1 aromatic heterocycles. The van der Waals surface area contributed by atoms with Gasteiger partial charge in [0, 0.05) is 10.9 Å². The van der Waals surface area contributed by atoms with E-state index < -0.39 is 0 Å². The Morgan fingerprint density at radius 2 is 1.54 bits per heavy atom. The van der Waals surface area contributed by atoms with Crippen LogP contribution in [-0.2, 0) is 9.31 Å². The van der Waals surface area contributed by atoms with Crippen LogP contribution in [0.1, 0.15) is 27.7 Å². The molecule has 1 aliphatic heterocycles. The van der Waals surface area contributed by atoms with Crippen molar-refractivity contribution < 1.29 is 9.31 Å². The Bertz CT molecular complexity index is 1170. The Kier molecular flexibility index (Phi) is 3.92. The molecule has 5 heteroatoms. The molecule has 1 fully saturated rings. The van der Waals surface area contributed by atoms with Crippen LogP contribution in [0.5, 0.6) is 0 Å². The summed E-state index contributed by atoms with van der Waals surface area (Å²) in [5.74, 6) is 0. The summed E-state index contributed by atoms with van der Waals surface area (Å²) in [4.78, 5) is 4.86. The first kappa shape index (κ1) is 17.9. The molecule has 0 N–H and O–H groups in total. The van der Waals surface area contributed by atoms with Crippen molar-refractivity contribution in [1.29, 1.82) is 0 Å². The second-order valence-electron chi connectivity index (χ2n) is 8.37. The smallest absolute Gasteiger partial charge is 0.399 e. The van der Waals surface area contributed by atoms with Crippen molar-refractivity contribution in [2.75, 3.05) is 0 Å². The van der Waals surface area contributed by atoms with Gasteiger partial charge < -0.3 is 9.31 Å². The molecule has 140 valence electrons. The maximum atomic E-state index is 6.25. The van der Waals surface area contributed by atoms with Crippen LogP contribution in [-0.4, -0.2) is 23.3 Å². The molecule has 0 bridgehead atoms. The van der Waals surface area contributed by atoms with E-state index >= 15 is 0 Å². The van der Waals surface area contributed by atoms with Crippen LogP contribution < -0.4 is 5.46 Å². The highest BCUT2D eigenvalue weighted by molar-refractivity contribution is 7.22. The fraction of sp³-hybridized carbons (Fsp3) is 0.261. The number of hydrogen-bond donors (Lipinski definition) is 0. The molecule has 0 aliphatic carbocycles. The van der Waals surface area contributed by atoms with Gasteiger partial charge in [-0.2, -0.15) is 0 Å². The lowest BCUT2D eigenvalue weighted by Crippen LogP contribution is -2.41. The van der Waals surface area contributed by atoms with E-state index in [0.29, 0.717) is 0 Å². The van der Waals surface area contributed by atoms with Crippen LogP contribution in [0.3, 0.4) is 0 Å². The monoisotopic (exact) mass is 387 g/mol. The largest absolute Gasteiger partial charge is 0.494 e. The van der Waals surface area contributed by atoms with Gasteiger partial charge >= 0.3 is 7.12 Å². The molecule has 0 spiro atoms. The predicted molar refractivity (Wildman–Crippen MR) is 118 cm³/mol. The molecular formula is C23H22BNO2S. The Hall–Kier alpha value is -2.21. The Balaban J connectivity index is 1.63. The second kappa shape index (κ2) is 6.15. The Labute approximate surface area is 169 Å². The van der Waals surface area contributed by atoms with E-state index in [4.69, 9.17) is 14.3 Å². The maximum absolute atomic E-state index is 6.25. The molecule has 1 saturated heterocycles. The van der Waals surface area contributed by atoms with E-state index in [-0.39, 0.29) is 18.3 Å². The van der Waals surface area contributed by atoms with Crippen molar-refractivity contribution in [1.82, 2.24) is 4.98 Å². The van der Waals surface area contributed by atoms with Crippen LogP contribution in [0.2, 0.25) is 0 Å². The number of nitrogens with zero attached hydrogens (tertiary/aromatic N) is 1. The van der Waals surface area contributed by atoms with Gasteiger partial charge in [0.05, 0.1) is 21.4 Å². The third kappa shape index (κ3) is 2.77. The van der Waals surface area contributed by atoms with Crippen LogP contribution in [0.25, 0.3) is 31.6 Å². The van der Waals surface area contributed by atoms with Crippen molar-refractivity contribution in [2.45, 2.75) is 38.9 Å². The third-order valence-corrected chi connectivity index (χ3v) is 7.10. The fourth-order valence-corrected chi connectivity index (χ4v) is 4.65. The minimum Gasteiger partial charge on any atom is -0.399 e. The van der Waals surface area contributed by atoms with E-state index in [1.807, 2.05) is 6.07 Å². The zero-order valence-electron chi connectivity index (χ0n) is 16.5. The standard InChI is InChI=1S/C23H22BNO2S/c1-22(2)23(3,4)27-24(26-22)17-12-10-15-11-13-19-20(18(15)14-17)28-21(25-19)16-8-6-5-7-9-16/h5-14H,1-4H3. The van der Waals surface area contributed by atoms with E-state index in [9.17, 15) is 0 Å². The summed E-state index contributed by atoms with van der Waals surface area (Å²) in [5.41, 5.74) is 2.54. The van der Waals surface area contributed by atoms with E-state index in [2.05, 4.69) is 82.3 Å². The lowest BCUT2D eigenvalue weighted by molar-refractivity contribution is 0.00578. The molecule has 0 unspecified atom stereocenters. The summed E-state index contributed by atoms with van der Waals surface area (Å²) in [5, 5.41) is 3.45. The van der Waals surface area contributed by atoms with Gasteiger partial charge in [0.1, 0.15) is 5.01 Å². The van der Waals surface area contributed by atoms with Gasteiger partial charge in [-0.15, -0.1) is 11.3 Å². The zero-order valence-corrected chi connectivity index (χ0v) is 17.3. The van der Waals surface area contributed by atoms with Crippen LogP contribution in [0, 0.1) is 0 Å². The summed E-state index contributed by atoms with van der Waals surface area (Å²) in [6, 6.07) is 21.1. The molecule has 0 saturated carbocycles. The number of aromatic nitrogens is 1. The molecule has 0 atom stereocenters. The molecule has 3 aromatic carbocycles. The van der Waals surface area contributed by atoms with Crippen molar-refractivity contribution in [2.24, 2.45) is 0 Å². The zero-order chi connectivity index (χ0) is 19.5. The van der Waals surface area contributed by atoms with E-state index in [0.717, 1.165) is 21.6 Å². The van der Waals surface area contributed by atoms with Crippen molar-refractivity contribution in [3.63, 3.8) is 0 Å². The molecule has 0 radical (unpaired) electrons. The Morgan fingerprint density at radius 1 is 0.857 bits per heavy atom. The van der Waals surface area contributed by atoms with Crippen molar-refractivity contribution in [3.05, 3.63) is 60.7 Å². The van der Waals surface area contributed by atoms with Crippen LogP contribution >= 0.6 is 11.3 Å². The average Bonchev–Trinajstić information content (AvgIpc) is 3.20. The van der Waals surface area contributed by atoms with Crippen LogP contribution in [0.15, 0.2) is 60.7 Å². The quantitative estimate of drug-likeness (QED) is 0.431. The molecule has 3 nitrogen and oxygen atoms in total. The summed E-state index contributed by atoms with van der Waals surface area (Å²) in [6.07, 6.45) is 0. The van der Waals surface area contributed by atoms with Gasteiger partial charge in [-0.3, -0.25) is 0 Å². The summed E-state index contributed by atoms with van der Waals surface area (Å²) < 4.78 is 13.7. The number of benzene rings is 3. The first-order valence-corrected chi connectivity index (χ1v) is 10.4. The number of hydrogen-bond acceptors (Lipinski definition) is 4. The first-order valence-electron chi connectivity index (χ1n) is 9.58. The van der Waals surface area contributed by atoms with Gasteiger partial charge in [-0.1, -0.05) is 54.6 Å². The minimum atomic E-state index is -0.355. The highest BCUT2D eigenvalue weighted by atomic mass is 32.1. The maximum Gasteiger partial charge on any atom is 0.494 e. The van der Waals surface area contributed by atoms with E-state index in [1.165, 1.54) is 15.5 Å². The normalized spacial score (nSPS) is 18.2. The fourth-order valence-electron chi connectivity index (χ4n) is 3.55. The summed E-state index contributed by atoms with van der Waals surface area (Å²) >= 11 is 1.74. The van der Waals surface area contributed by atoms with Gasteiger partial charge in [0.15, 0.2) is 0 Å². The predicted octanol–water partition coefficient (Wildman–Crippen LogP) is 5.42. The lowest BCUT2D eigenvalue weighted by Gasteiger charge is -2.32. The average molecular weight is 387 g/mol. The molecule has 0 amide bonds. The van der Waals surface area contributed by atoms with Gasteiger partial charge in [0.2, 0.25) is 0 Å². The van der Waals surface area contributed by atoms with Crippen molar-refractivity contribution in [3.8, 4) is 10.6 Å². The molecule has 5 rings (SSSR count). The van der Waals surface area contributed by atoms with Crippen molar-refractivity contribution >= 4 is 44.9 Å². The number of fused-ring (bicyclic) bond motifs is 3. The Morgan fingerprint density at radius 3 is 2.25 bits per heavy atom. The molecular weight excluding hydrogens is 365 g/mol. The van der Waals surface area contributed by atoms with Crippen LogP contribution in [0.4, 0.5) is 0 Å². The summed E-state index contributed by atoms with van der Waals surface area (Å²) in [6.45, 7) is 8.34. The van der Waals surface area contributed by atoms with Gasteiger partial charge in [-0.25, -0.2) is 4.98 Å². The SMILES string of the molecule is CC1(C)OB(c2ccc3ccc4nc(-c5ccccc5)sc4c3c2)OC1(C)C.